The van der Waals surface area contributed by atoms with E-state index in [9.17, 15) is 0 Å². The fourth-order valence-corrected chi connectivity index (χ4v) is 6.07. The lowest BCUT2D eigenvalue weighted by Gasteiger charge is -2.37. The van der Waals surface area contributed by atoms with Gasteiger partial charge in [-0.15, -0.1) is 10.2 Å². The van der Waals surface area contributed by atoms with Gasteiger partial charge in [0.1, 0.15) is 18.1 Å². The van der Waals surface area contributed by atoms with Crippen molar-refractivity contribution in [3.63, 3.8) is 0 Å². The molecule has 0 bridgehead atoms. The summed E-state index contributed by atoms with van der Waals surface area (Å²) in [6, 6.07) is 15.0. The van der Waals surface area contributed by atoms with Crippen LogP contribution in [0.1, 0.15) is 67.8 Å². The number of aromatic nitrogens is 4. The predicted molar refractivity (Wildman–Crippen MR) is 150 cm³/mol. The van der Waals surface area contributed by atoms with E-state index in [4.69, 9.17) is 18.9 Å². The van der Waals surface area contributed by atoms with E-state index >= 15 is 0 Å². The minimum atomic E-state index is 0.153. The summed E-state index contributed by atoms with van der Waals surface area (Å²) in [5, 5.41) is 14.8. The van der Waals surface area contributed by atoms with Crippen LogP contribution >= 0.6 is 0 Å². The zero-order chi connectivity index (χ0) is 27.0. The van der Waals surface area contributed by atoms with Crippen molar-refractivity contribution in [3.05, 3.63) is 59.4 Å². The summed E-state index contributed by atoms with van der Waals surface area (Å²) in [6.45, 7) is 6.11. The molecule has 2 aromatic carbocycles. The summed E-state index contributed by atoms with van der Waals surface area (Å²) < 4.78 is 23.3. The maximum absolute atomic E-state index is 6.69. The van der Waals surface area contributed by atoms with E-state index in [0.717, 1.165) is 74.8 Å². The Morgan fingerprint density at radius 1 is 1.13 bits per heavy atom. The lowest BCUT2D eigenvalue weighted by atomic mass is 9.73. The number of aromatic amines is 1. The third kappa shape index (κ3) is 6.89. The Bertz CT molecular complexity index is 1160. The van der Waals surface area contributed by atoms with Crippen LogP contribution in [0.25, 0.3) is 0 Å². The fraction of sp³-hybridized carbons (Fsp3) is 0.567. The van der Waals surface area contributed by atoms with Crippen LogP contribution in [0.3, 0.4) is 0 Å². The molecule has 3 aromatic rings. The molecular formula is C30H41N5O4. The quantitative estimate of drug-likeness (QED) is 0.320. The van der Waals surface area contributed by atoms with Crippen molar-refractivity contribution < 1.29 is 18.9 Å². The van der Waals surface area contributed by atoms with Gasteiger partial charge in [-0.25, -0.2) is 0 Å². The molecule has 1 N–H and O–H groups in total. The molecular weight excluding hydrogens is 494 g/mol. The van der Waals surface area contributed by atoms with Crippen molar-refractivity contribution in [2.75, 3.05) is 45.4 Å². The minimum Gasteiger partial charge on any atom is -0.497 e. The van der Waals surface area contributed by atoms with E-state index < -0.39 is 0 Å². The van der Waals surface area contributed by atoms with Crippen LogP contribution in [0.15, 0.2) is 42.5 Å². The SMILES string of the molecule is COCCCN1CCOc2ccc(CO[C@H]3CC[C@@H](C[C@@H](C)c4nn[nH]n4)C[C@@H]3c3ccc(OC)cc3)cc21. The first-order chi connectivity index (χ1) is 19.1. The second kappa shape index (κ2) is 13.3. The molecule has 2 heterocycles. The van der Waals surface area contributed by atoms with Crippen LogP contribution < -0.4 is 14.4 Å². The van der Waals surface area contributed by atoms with Gasteiger partial charge in [-0.1, -0.05) is 30.3 Å². The number of anilines is 1. The molecule has 210 valence electrons. The molecule has 0 spiro atoms. The monoisotopic (exact) mass is 535 g/mol. The average molecular weight is 536 g/mol. The summed E-state index contributed by atoms with van der Waals surface area (Å²) in [5.41, 5.74) is 3.64. The standard InChI is InChI=1S/C30H41N5O4/c1-21(30-31-33-34-32-30)17-22-5-11-28(26(18-22)24-7-9-25(37-3)10-8-24)39-20-23-6-12-29-27(19-23)35(14-16-38-29)13-4-15-36-2/h6-10,12,19,21-22,26,28H,4-5,11,13-18,20H2,1-3H3,(H,31,32,33,34)/t21-,22+,26-,28+/m1/s1. The van der Waals surface area contributed by atoms with Crippen molar-refractivity contribution in [2.24, 2.45) is 5.92 Å². The highest BCUT2D eigenvalue weighted by atomic mass is 16.5. The summed E-state index contributed by atoms with van der Waals surface area (Å²) in [6.07, 6.45) is 5.42. The van der Waals surface area contributed by atoms with Gasteiger partial charge in [-0.3, -0.25) is 0 Å². The van der Waals surface area contributed by atoms with E-state index in [-0.39, 0.29) is 12.0 Å². The number of ether oxygens (including phenoxy) is 4. The molecule has 1 aliphatic heterocycles. The molecule has 0 amide bonds. The molecule has 1 fully saturated rings. The first-order valence-corrected chi connectivity index (χ1v) is 14.1. The number of fused-ring (bicyclic) bond motifs is 1. The van der Waals surface area contributed by atoms with Gasteiger partial charge >= 0.3 is 0 Å². The van der Waals surface area contributed by atoms with Crippen LogP contribution in [0, 0.1) is 5.92 Å². The van der Waals surface area contributed by atoms with Crippen molar-refractivity contribution in [2.45, 2.75) is 63.6 Å². The Morgan fingerprint density at radius 3 is 2.77 bits per heavy atom. The first kappa shape index (κ1) is 27.4. The second-order valence-corrected chi connectivity index (χ2v) is 10.8. The Kier molecular flexibility index (Phi) is 9.32. The number of hydrogen-bond acceptors (Lipinski definition) is 8. The Morgan fingerprint density at radius 2 is 2.00 bits per heavy atom. The molecule has 39 heavy (non-hydrogen) atoms. The normalized spacial score (nSPS) is 21.7. The van der Waals surface area contributed by atoms with E-state index in [1.165, 1.54) is 11.1 Å². The minimum absolute atomic E-state index is 0.153. The predicted octanol–water partition coefficient (Wildman–Crippen LogP) is 5.11. The topological polar surface area (TPSA) is 94.6 Å². The molecule has 5 rings (SSSR count). The summed E-state index contributed by atoms with van der Waals surface area (Å²) in [7, 11) is 3.46. The van der Waals surface area contributed by atoms with Gasteiger partial charge in [0.25, 0.3) is 0 Å². The van der Waals surface area contributed by atoms with Gasteiger partial charge in [0.05, 0.1) is 32.1 Å². The number of nitrogens with one attached hydrogen (secondary N) is 1. The third-order valence-electron chi connectivity index (χ3n) is 8.15. The van der Waals surface area contributed by atoms with Crippen LogP contribution in [0.2, 0.25) is 0 Å². The third-order valence-corrected chi connectivity index (χ3v) is 8.15. The van der Waals surface area contributed by atoms with Crippen molar-refractivity contribution in [1.29, 1.82) is 0 Å². The molecule has 4 atom stereocenters. The lowest BCUT2D eigenvalue weighted by molar-refractivity contribution is -0.00991. The molecule has 1 saturated carbocycles. The largest absolute Gasteiger partial charge is 0.497 e. The van der Waals surface area contributed by atoms with Gasteiger partial charge in [-0.2, -0.15) is 5.21 Å². The number of methoxy groups -OCH3 is 2. The zero-order valence-corrected chi connectivity index (χ0v) is 23.3. The first-order valence-electron chi connectivity index (χ1n) is 14.1. The van der Waals surface area contributed by atoms with Crippen molar-refractivity contribution in [1.82, 2.24) is 20.6 Å². The van der Waals surface area contributed by atoms with Gasteiger partial charge in [0.2, 0.25) is 0 Å². The number of benzene rings is 2. The maximum Gasteiger partial charge on any atom is 0.177 e. The molecule has 1 aliphatic carbocycles. The zero-order valence-electron chi connectivity index (χ0n) is 23.3. The smallest absolute Gasteiger partial charge is 0.177 e. The molecule has 0 unspecified atom stereocenters. The molecule has 1 aromatic heterocycles. The summed E-state index contributed by atoms with van der Waals surface area (Å²) in [5.74, 6) is 3.79. The van der Waals surface area contributed by atoms with Crippen LogP contribution in [-0.4, -0.2) is 67.3 Å². The molecule has 9 heteroatoms. The molecule has 0 saturated heterocycles. The Balaban J connectivity index is 1.27. The van der Waals surface area contributed by atoms with Gasteiger partial charge in [-0.05, 0) is 73.4 Å². The van der Waals surface area contributed by atoms with Crippen LogP contribution in [0.4, 0.5) is 5.69 Å². The van der Waals surface area contributed by atoms with Crippen molar-refractivity contribution >= 4 is 5.69 Å². The highest BCUT2D eigenvalue weighted by Crippen LogP contribution is 2.42. The number of nitrogens with zero attached hydrogens (tertiary/aromatic N) is 4. The Labute approximate surface area is 231 Å². The van der Waals surface area contributed by atoms with Crippen LogP contribution in [0.5, 0.6) is 11.5 Å². The summed E-state index contributed by atoms with van der Waals surface area (Å²) in [4.78, 5) is 2.40. The Hall–Kier alpha value is -3.17. The molecule has 9 nitrogen and oxygen atoms in total. The molecule has 0 radical (unpaired) electrons. The van der Waals surface area contributed by atoms with E-state index in [2.05, 4.69) is 74.9 Å². The summed E-state index contributed by atoms with van der Waals surface area (Å²) >= 11 is 0. The fourth-order valence-electron chi connectivity index (χ4n) is 6.07. The number of tetrazole rings is 1. The number of rotatable bonds is 12. The van der Waals surface area contributed by atoms with Gasteiger partial charge in [0, 0.05) is 32.1 Å². The highest BCUT2D eigenvalue weighted by Gasteiger charge is 2.33. The average Bonchev–Trinajstić information content (AvgIpc) is 3.52. The number of hydrogen-bond donors (Lipinski definition) is 1. The van der Waals surface area contributed by atoms with Crippen LogP contribution in [-0.2, 0) is 16.1 Å². The van der Waals surface area contributed by atoms with E-state index in [1.54, 1.807) is 14.2 Å². The lowest BCUT2D eigenvalue weighted by Crippen LogP contribution is -2.34. The maximum atomic E-state index is 6.69. The molecule has 2 aliphatic rings. The van der Waals surface area contributed by atoms with Crippen molar-refractivity contribution in [3.8, 4) is 11.5 Å². The highest BCUT2D eigenvalue weighted by molar-refractivity contribution is 5.61. The second-order valence-electron chi connectivity index (χ2n) is 10.8. The number of H-pyrrole nitrogens is 1. The van der Waals surface area contributed by atoms with E-state index in [1.807, 2.05) is 0 Å². The van der Waals surface area contributed by atoms with E-state index in [0.29, 0.717) is 25.0 Å². The van der Waals surface area contributed by atoms with Gasteiger partial charge < -0.3 is 23.8 Å². The van der Waals surface area contributed by atoms with Gasteiger partial charge in [0.15, 0.2) is 5.82 Å².